The average Bonchev–Trinajstić information content (AvgIpc) is 2.78. The van der Waals surface area contributed by atoms with Crippen LogP contribution in [0.1, 0.15) is 18.7 Å². The van der Waals surface area contributed by atoms with E-state index < -0.39 is 0 Å². The molecular formula is C12H22ClN5O2. The van der Waals surface area contributed by atoms with Crippen molar-refractivity contribution in [3.63, 3.8) is 0 Å². The van der Waals surface area contributed by atoms with Crippen LogP contribution in [0.5, 0.6) is 0 Å². The molecule has 0 bridgehead atoms. The van der Waals surface area contributed by atoms with E-state index in [1.807, 2.05) is 0 Å². The van der Waals surface area contributed by atoms with Crippen molar-refractivity contribution in [2.45, 2.75) is 26.3 Å². The summed E-state index contributed by atoms with van der Waals surface area (Å²) in [5, 5.41) is 10.9. The Morgan fingerprint density at radius 2 is 2.10 bits per heavy atom. The summed E-state index contributed by atoms with van der Waals surface area (Å²) in [7, 11) is 0. The first-order chi connectivity index (χ1) is 9.11. The average molecular weight is 304 g/mol. The van der Waals surface area contributed by atoms with Crippen LogP contribution in [0.25, 0.3) is 0 Å². The van der Waals surface area contributed by atoms with Crippen LogP contribution in [0.2, 0.25) is 0 Å². The summed E-state index contributed by atoms with van der Waals surface area (Å²) in [5.41, 5.74) is 5.67. The van der Waals surface area contributed by atoms with Crippen LogP contribution in [0.4, 0.5) is 5.82 Å². The first kappa shape index (κ1) is 16.9. The molecular weight excluding hydrogens is 282 g/mol. The maximum Gasteiger partial charge on any atom is 0.342 e. The molecule has 7 nitrogen and oxygen atoms in total. The van der Waals surface area contributed by atoms with Gasteiger partial charge in [0.1, 0.15) is 12.7 Å². The third kappa shape index (κ3) is 3.91. The van der Waals surface area contributed by atoms with Gasteiger partial charge in [0, 0.05) is 13.5 Å². The van der Waals surface area contributed by atoms with E-state index in [-0.39, 0.29) is 23.1 Å². The van der Waals surface area contributed by atoms with Gasteiger partial charge < -0.3 is 15.8 Å². The van der Waals surface area contributed by atoms with E-state index in [2.05, 4.69) is 9.88 Å². The molecule has 1 aromatic rings. The topological polar surface area (TPSA) is 90.2 Å². The Morgan fingerprint density at radius 3 is 2.65 bits per heavy atom. The molecule has 0 radical (unpaired) electrons. The lowest BCUT2D eigenvalue weighted by Gasteiger charge is -2.30. The number of piperidine rings is 1. The van der Waals surface area contributed by atoms with Gasteiger partial charge in [-0.15, -0.1) is 12.4 Å². The standard InChI is InChI=1S/C12H21N5O2.ClH/c1-10-14-9-12(17(18)19)16(10)7-6-15-4-2-11(8-13)3-5-15;/h9,11H,2-8,13H2,1H3;1H. The van der Waals surface area contributed by atoms with Crippen LogP contribution in [0, 0.1) is 23.0 Å². The molecule has 0 aliphatic carbocycles. The number of rotatable bonds is 5. The fourth-order valence-electron chi connectivity index (χ4n) is 2.57. The summed E-state index contributed by atoms with van der Waals surface area (Å²) in [5.74, 6) is 1.42. The van der Waals surface area contributed by atoms with E-state index in [0.717, 1.165) is 39.0 Å². The highest BCUT2D eigenvalue weighted by Crippen LogP contribution is 2.17. The van der Waals surface area contributed by atoms with Crippen LogP contribution in [0.3, 0.4) is 0 Å². The number of nitrogens with two attached hydrogens (primary N) is 1. The number of aryl methyl sites for hydroxylation is 1. The first-order valence-electron chi connectivity index (χ1n) is 6.70. The van der Waals surface area contributed by atoms with Gasteiger partial charge in [-0.3, -0.25) is 4.90 Å². The molecule has 0 aromatic carbocycles. The van der Waals surface area contributed by atoms with Gasteiger partial charge in [-0.25, -0.2) is 9.55 Å². The first-order valence-corrected chi connectivity index (χ1v) is 6.70. The van der Waals surface area contributed by atoms with Gasteiger partial charge in [0.2, 0.25) is 0 Å². The van der Waals surface area contributed by atoms with Gasteiger partial charge in [-0.1, -0.05) is 0 Å². The van der Waals surface area contributed by atoms with Gasteiger partial charge in [-0.2, -0.15) is 0 Å². The van der Waals surface area contributed by atoms with E-state index in [9.17, 15) is 10.1 Å². The zero-order valence-electron chi connectivity index (χ0n) is 11.7. The fourth-order valence-corrected chi connectivity index (χ4v) is 2.57. The van der Waals surface area contributed by atoms with E-state index in [4.69, 9.17) is 5.73 Å². The monoisotopic (exact) mass is 303 g/mol. The number of aromatic nitrogens is 2. The Kier molecular flexibility index (Phi) is 6.38. The maximum absolute atomic E-state index is 10.9. The number of likely N-dealkylation sites (tertiary alicyclic amines) is 1. The summed E-state index contributed by atoms with van der Waals surface area (Å²) in [6.07, 6.45) is 3.58. The number of halogens is 1. The molecule has 1 fully saturated rings. The van der Waals surface area contributed by atoms with Crippen molar-refractivity contribution in [3.8, 4) is 0 Å². The van der Waals surface area contributed by atoms with Crippen molar-refractivity contribution in [3.05, 3.63) is 22.1 Å². The molecule has 20 heavy (non-hydrogen) atoms. The van der Waals surface area contributed by atoms with E-state index in [1.165, 1.54) is 6.20 Å². The normalized spacial score (nSPS) is 16.9. The van der Waals surface area contributed by atoms with Crippen LogP contribution in [0.15, 0.2) is 6.20 Å². The summed E-state index contributed by atoms with van der Waals surface area (Å²) in [4.78, 5) is 16.9. The number of hydrogen-bond acceptors (Lipinski definition) is 5. The second kappa shape index (κ2) is 7.56. The molecule has 2 heterocycles. The molecule has 1 aliphatic heterocycles. The van der Waals surface area contributed by atoms with Gasteiger partial charge in [0.05, 0.1) is 0 Å². The Morgan fingerprint density at radius 1 is 1.45 bits per heavy atom. The maximum atomic E-state index is 10.9. The van der Waals surface area contributed by atoms with Crippen molar-refractivity contribution in [1.82, 2.24) is 14.5 Å². The van der Waals surface area contributed by atoms with Crippen molar-refractivity contribution in [2.75, 3.05) is 26.2 Å². The predicted octanol–water partition coefficient (Wildman–Crippen LogP) is 1.19. The highest BCUT2D eigenvalue weighted by Gasteiger charge is 2.21. The van der Waals surface area contributed by atoms with E-state index in [0.29, 0.717) is 18.3 Å². The predicted molar refractivity (Wildman–Crippen MR) is 79.1 cm³/mol. The Hall–Kier alpha value is -1.18. The number of imidazole rings is 1. The molecule has 0 saturated carbocycles. The number of nitrogens with zero attached hydrogens (tertiary/aromatic N) is 4. The summed E-state index contributed by atoms with van der Waals surface area (Å²) < 4.78 is 1.68. The molecule has 1 aromatic heterocycles. The molecule has 0 atom stereocenters. The van der Waals surface area contributed by atoms with Crippen LogP contribution in [-0.2, 0) is 6.54 Å². The highest BCUT2D eigenvalue weighted by atomic mass is 35.5. The molecule has 1 saturated heterocycles. The molecule has 0 unspecified atom stereocenters. The smallest absolute Gasteiger partial charge is 0.342 e. The Bertz CT molecular complexity index is 443. The second-order valence-electron chi connectivity index (χ2n) is 5.09. The third-order valence-electron chi connectivity index (χ3n) is 3.90. The van der Waals surface area contributed by atoms with Crippen molar-refractivity contribution in [2.24, 2.45) is 11.7 Å². The van der Waals surface area contributed by atoms with Gasteiger partial charge in [-0.05, 0) is 43.3 Å². The van der Waals surface area contributed by atoms with Crippen LogP contribution < -0.4 is 5.73 Å². The zero-order valence-corrected chi connectivity index (χ0v) is 12.5. The van der Waals surface area contributed by atoms with E-state index >= 15 is 0 Å². The Balaban J connectivity index is 0.00000200. The van der Waals surface area contributed by atoms with Crippen LogP contribution in [-0.4, -0.2) is 45.6 Å². The van der Waals surface area contributed by atoms with Gasteiger partial charge >= 0.3 is 5.82 Å². The summed E-state index contributed by atoms with van der Waals surface area (Å²) in [6, 6.07) is 0. The fraction of sp³-hybridized carbons (Fsp3) is 0.750. The summed E-state index contributed by atoms with van der Waals surface area (Å²) in [6.45, 7) is 6.07. The number of nitro groups is 1. The molecule has 114 valence electrons. The van der Waals surface area contributed by atoms with Crippen molar-refractivity contribution >= 4 is 18.2 Å². The molecule has 1 aliphatic rings. The minimum absolute atomic E-state index is 0. The minimum Gasteiger partial charge on any atom is -0.358 e. The molecule has 2 rings (SSSR count). The Labute approximate surface area is 124 Å². The minimum atomic E-state index is -0.374. The lowest BCUT2D eigenvalue weighted by atomic mass is 9.97. The van der Waals surface area contributed by atoms with Crippen molar-refractivity contribution in [1.29, 1.82) is 0 Å². The van der Waals surface area contributed by atoms with Gasteiger partial charge in [0.15, 0.2) is 5.82 Å². The second-order valence-corrected chi connectivity index (χ2v) is 5.09. The molecule has 0 spiro atoms. The highest BCUT2D eigenvalue weighted by molar-refractivity contribution is 5.85. The van der Waals surface area contributed by atoms with Gasteiger partial charge in [0.25, 0.3) is 0 Å². The quantitative estimate of drug-likeness (QED) is 0.652. The molecule has 8 heteroatoms. The van der Waals surface area contributed by atoms with Crippen LogP contribution >= 0.6 is 12.4 Å². The SMILES string of the molecule is Cc1ncc([N+](=O)[O-])n1CCN1CCC(CN)CC1.Cl. The zero-order chi connectivity index (χ0) is 13.8. The largest absolute Gasteiger partial charge is 0.358 e. The van der Waals surface area contributed by atoms with E-state index in [1.54, 1.807) is 11.5 Å². The lowest BCUT2D eigenvalue weighted by molar-refractivity contribution is -0.392. The third-order valence-corrected chi connectivity index (χ3v) is 3.90. The molecule has 0 amide bonds. The summed E-state index contributed by atoms with van der Waals surface area (Å²) >= 11 is 0. The lowest BCUT2D eigenvalue weighted by Crippen LogP contribution is -2.37. The molecule has 2 N–H and O–H groups in total. The number of hydrogen-bond donors (Lipinski definition) is 1. The van der Waals surface area contributed by atoms with Crippen molar-refractivity contribution < 1.29 is 4.92 Å².